The first-order chi connectivity index (χ1) is 10.2. The SMILES string of the molecule is CNC(=O)NC(=O)CNc1cccc(NC(=O)C(C)(C)C)c1. The predicted octanol–water partition coefficient (Wildman–Crippen LogP) is 1.54. The summed E-state index contributed by atoms with van der Waals surface area (Å²) in [7, 11) is 1.43. The molecule has 0 aliphatic carbocycles. The number of rotatable bonds is 4. The van der Waals surface area contributed by atoms with Crippen molar-refractivity contribution in [1.82, 2.24) is 10.6 Å². The van der Waals surface area contributed by atoms with Crippen LogP contribution in [0.1, 0.15) is 20.8 Å². The molecule has 1 aromatic carbocycles. The summed E-state index contributed by atoms with van der Waals surface area (Å²) in [6.07, 6.45) is 0. The zero-order valence-corrected chi connectivity index (χ0v) is 13.2. The van der Waals surface area contributed by atoms with Gasteiger partial charge < -0.3 is 16.0 Å². The first kappa shape index (κ1) is 17.5. The number of carbonyl (C=O) groups is 3. The molecular formula is C15H22N4O3. The van der Waals surface area contributed by atoms with E-state index in [0.29, 0.717) is 11.4 Å². The second kappa shape index (κ2) is 7.44. The largest absolute Gasteiger partial charge is 0.376 e. The van der Waals surface area contributed by atoms with Gasteiger partial charge in [0, 0.05) is 23.8 Å². The van der Waals surface area contributed by atoms with E-state index in [1.54, 1.807) is 24.3 Å². The van der Waals surface area contributed by atoms with Gasteiger partial charge in [-0.3, -0.25) is 14.9 Å². The minimum atomic E-state index is -0.557. The summed E-state index contributed by atoms with van der Waals surface area (Å²) in [5.74, 6) is -0.550. The first-order valence-electron chi connectivity index (χ1n) is 6.89. The zero-order chi connectivity index (χ0) is 16.8. The number of amides is 4. The van der Waals surface area contributed by atoms with Crippen LogP contribution in [0.25, 0.3) is 0 Å². The van der Waals surface area contributed by atoms with Crippen molar-refractivity contribution in [2.24, 2.45) is 5.41 Å². The van der Waals surface area contributed by atoms with Crippen LogP contribution in [-0.4, -0.2) is 31.4 Å². The number of anilines is 2. The molecule has 4 N–H and O–H groups in total. The van der Waals surface area contributed by atoms with Crippen molar-refractivity contribution in [3.05, 3.63) is 24.3 Å². The molecule has 0 aliphatic heterocycles. The first-order valence-corrected chi connectivity index (χ1v) is 6.89. The monoisotopic (exact) mass is 306 g/mol. The Balaban J connectivity index is 2.59. The van der Waals surface area contributed by atoms with Gasteiger partial charge >= 0.3 is 6.03 Å². The van der Waals surface area contributed by atoms with Crippen LogP contribution in [0.3, 0.4) is 0 Å². The lowest BCUT2D eigenvalue weighted by atomic mass is 9.95. The molecule has 1 aromatic rings. The molecule has 0 radical (unpaired) electrons. The molecule has 22 heavy (non-hydrogen) atoms. The quantitative estimate of drug-likeness (QED) is 0.678. The van der Waals surface area contributed by atoms with Gasteiger partial charge in [-0.1, -0.05) is 26.8 Å². The number of nitrogens with one attached hydrogen (secondary N) is 4. The van der Waals surface area contributed by atoms with Crippen LogP contribution in [0.4, 0.5) is 16.2 Å². The van der Waals surface area contributed by atoms with Crippen molar-refractivity contribution in [1.29, 1.82) is 0 Å². The van der Waals surface area contributed by atoms with Gasteiger partial charge in [0.05, 0.1) is 6.54 Å². The standard InChI is InChI=1S/C15H22N4O3/c1-15(2,3)13(21)18-11-7-5-6-10(8-11)17-9-12(20)19-14(22)16-4/h5-8,17H,9H2,1-4H3,(H,18,21)(H2,16,19,20,22). The third-order valence-corrected chi connectivity index (χ3v) is 2.73. The van der Waals surface area contributed by atoms with Gasteiger partial charge in [-0.15, -0.1) is 0 Å². The molecule has 0 atom stereocenters. The number of imide groups is 1. The van der Waals surface area contributed by atoms with E-state index in [9.17, 15) is 14.4 Å². The highest BCUT2D eigenvalue weighted by molar-refractivity contribution is 5.96. The summed E-state index contributed by atoms with van der Waals surface area (Å²) in [5, 5.41) is 10.1. The molecule has 0 spiro atoms. The highest BCUT2D eigenvalue weighted by atomic mass is 16.2. The Morgan fingerprint density at radius 1 is 1.09 bits per heavy atom. The average Bonchev–Trinajstić information content (AvgIpc) is 2.44. The fourth-order valence-electron chi connectivity index (χ4n) is 1.44. The predicted molar refractivity (Wildman–Crippen MR) is 85.6 cm³/mol. The van der Waals surface area contributed by atoms with E-state index in [4.69, 9.17) is 0 Å². The van der Waals surface area contributed by atoms with Crippen LogP contribution in [-0.2, 0) is 9.59 Å². The van der Waals surface area contributed by atoms with Gasteiger partial charge in [-0.25, -0.2) is 4.79 Å². The molecule has 0 bridgehead atoms. The molecule has 0 saturated carbocycles. The Kier molecular flexibility index (Phi) is 5.91. The van der Waals surface area contributed by atoms with Gasteiger partial charge in [-0.05, 0) is 18.2 Å². The van der Waals surface area contributed by atoms with Gasteiger partial charge in [0.15, 0.2) is 0 Å². The fourth-order valence-corrected chi connectivity index (χ4v) is 1.44. The summed E-state index contributed by atoms with van der Waals surface area (Å²) < 4.78 is 0. The Hall–Kier alpha value is -2.57. The van der Waals surface area contributed by atoms with Crippen molar-refractivity contribution in [2.45, 2.75) is 20.8 Å². The van der Waals surface area contributed by atoms with E-state index < -0.39 is 17.4 Å². The molecule has 120 valence electrons. The normalized spacial score (nSPS) is 10.5. The number of urea groups is 1. The Labute approximate surface area is 129 Å². The number of hydrogen-bond acceptors (Lipinski definition) is 4. The third kappa shape index (κ3) is 5.82. The van der Waals surface area contributed by atoms with E-state index in [-0.39, 0.29) is 12.5 Å². The molecular weight excluding hydrogens is 284 g/mol. The second-order valence-electron chi connectivity index (χ2n) is 5.77. The Bertz CT molecular complexity index is 564. The number of benzene rings is 1. The Morgan fingerprint density at radius 3 is 2.32 bits per heavy atom. The minimum Gasteiger partial charge on any atom is -0.376 e. The second-order valence-corrected chi connectivity index (χ2v) is 5.77. The lowest BCUT2D eigenvalue weighted by Gasteiger charge is -2.18. The van der Waals surface area contributed by atoms with E-state index >= 15 is 0 Å². The molecule has 0 aromatic heterocycles. The molecule has 7 heteroatoms. The average molecular weight is 306 g/mol. The van der Waals surface area contributed by atoms with Crippen LogP contribution in [0, 0.1) is 5.41 Å². The van der Waals surface area contributed by atoms with Crippen molar-refractivity contribution in [2.75, 3.05) is 24.2 Å². The molecule has 1 rings (SSSR count). The minimum absolute atomic E-state index is 0.0515. The third-order valence-electron chi connectivity index (χ3n) is 2.73. The van der Waals surface area contributed by atoms with Crippen LogP contribution >= 0.6 is 0 Å². The van der Waals surface area contributed by atoms with E-state index in [1.165, 1.54) is 7.05 Å². The van der Waals surface area contributed by atoms with Gasteiger partial charge in [0.1, 0.15) is 0 Å². The molecule has 0 heterocycles. The highest BCUT2D eigenvalue weighted by Gasteiger charge is 2.21. The summed E-state index contributed by atoms with van der Waals surface area (Å²) >= 11 is 0. The van der Waals surface area contributed by atoms with Crippen LogP contribution in [0.5, 0.6) is 0 Å². The summed E-state index contributed by atoms with van der Waals surface area (Å²) in [5.41, 5.74) is 0.812. The number of carbonyl (C=O) groups excluding carboxylic acids is 3. The lowest BCUT2D eigenvalue weighted by Crippen LogP contribution is -2.40. The maximum atomic E-state index is 11.9. The summed E-state index contributed by atoms with van der Waals surface area (Å²) in [4.78, 5) is 34.4. The molecule has 7 nitrogen and oxygen atoms in total. The van der Waals surface area contributed by atoms with Gasteiger partial charge in [0.25, 0.3) is 0 Å². The van der Waals surface area contributed by atoms with Crippen molar-refractivity contribution >= 4 is 29.2 Å². The molecule has 0 fully saturated rings. The van der Waals surface area contributed by atoms with Gasteiger partial charge in [-0.2, -0.15) is 0 Å². The molecule has 0 aliphatic rings. The van der Waals surface area contributed by atoms with Crippen molar-refractivity contribution in [3.8, 4) is 0 Å². The van der Waals surface area contributed by atoms with Gasteiger partial charge in [0.2, 0.25) is 11.8 Å². The van der Waals surface area contributed by atoms with E-state index in [1.807, 2.05) is 20.8 Å². The van der Waals surface area contributed by atoms with Crippen LogP contribution in [0.15, 0.2) is 24.3 Å². The molecule has 0 saturated heterocycles. The number of hydrogen-bond donors (Lipinski definition) is 4. The maximum absolute atomic E-state index is 11.9. The fraction of sp³-hybridized carbons (Fsp3) is 0.400. The van der Waals surface area contributed by atoms with Crippen molar-refractivity contribution in [3.63, 3.8) is 0 Å². The summed E-state index contributed by atoms with van der Waals surface area (Å²) in [6.45, 7) is 5.43. The smallest absolute Gasteiger partial charge is 0.321 e. The summed E-state index contributed by atoms with van der Waals surface area (Å²) in [6, 6.07) is 6.45. The lowest BCUT2D eigenvalue weighted by molar-refractivity contribution is -0.123. The maximum Gasteiger partial charge on any atom is 0.321 e. The Morgan fingerprint density at radius 2 is 1.73 bits per heavy atom. The molecule has 0 unspecified atom stereocenters. The zero-order valence-electron chi connectivity index (χ0n) is 13.2. The molecule has 4 amide bonds. The van der Waals surface area contributed by atoms with Crippen LogP contribution < -0.4 is 21.3 Å². The van der Waals surface area contributed by atoms with E-state index in [0.717, 1.165) is 0 Å². The highest BCUT2D eigenvalue weighted by Crippen LogP contribution is 2.19. The van der Waals surface area contributed by atoms with E-state index in [2.05, 4.69) is 21.3 Å². The topological polar surface area (TPSA) is 99.3 Å². The van der Waals surface area contributed by atoms with Crippen molar-refractivity contribution < 1.29 is 14.4 Å². The van der Waals surface area contributed by atoms with Crippen LogP contribution in [0.2, 0.25) is 0 Å².